The van der Waals surface area contributed by atoms with Gasteiger partial charge in [-0.05, 0) is 30.2 Å². The first-order chi connectivity index (χ1) is 9.85. The van der Waals surface area contributed by atoms with Gasteiger partial charge in [-0.25, -0.2) is 0 Å². The van der Waals surface area contributed by atoms with Crippen molar-refractivity contribution in [2.75, 3.05) is 13.9 Å². The quantitative estimate of drug-likeness (QED) is 0.727. The van der Waals surface area contributed by atoms with Gasteiger partial charge >= 0.3 is 0 Å². The van der Waals surface area contributed by atoms with Crippen LogP contribution in [0.15, 0.2) is 36.6 Å². The van der Waals surface area contributed by atoms with Gasteiger partial charge in [-0.2, -0.15) is 0 Å². The Labute approximate surface area is 121 Å². The predicted octanol–water partition coefficient (Wildman–Crippen LogP) is 4.25. The van der Waals surface area contributed by atoms with Gasteiger partial charge in [0.15, 0.2) is 6.79 Å². The molecule has 0 radical (unpaired) electrons. The van der Waals surface area contributed by atoms with Crippen molar-refractivity contribution >= 4 is 0 Å². The highest BCUT2D eigenvalue weighted by atomic mass is 16.7. The summed E-state index contributed by atoms with van der Waals surface area (Å²) < 4.78 is 16.4. The van der Waals surface area contributed by atoms with Crippen LogP contribution in [0.5, 0.6) is 5.75 Å². The van der Waals surface area contributed by atoms with Gasteiger partial charge in [0.05, 0.1) is 19.5 Å². The van der Waals surface area contributed by atoms with Gasteiger partial charge in [0.2, 0.25) is 0 Å². The molecule has 3 nitrogen and oxygen atoms in total. The molecule has 0 saturated carbocycles. The summed E-state index contributed by atoms with van der Waals surface area (Å²) in [7, 11) is 1.69. The molecule has 0 amide bonds. The number of rotatable bonds is 6. The molecular formula is C17H24O3. The van der Waals surface area contributed by atoms with Gasteiger partial charge in [-0.1, -0.05) is 38.3 Å². The highest BCUT2D eigenvalue weighted by Crippen LogP contribution is 2.30. The Kier molecular flexibility index (Phi) is 5.93. The van der Waals surface area contributed by atoms with Gasteiger partial charge < -0.3 is 14.2 Å². The molecule has 110 valence electrons. The molecule has 20 heavy (non-hydrogen) atoms. The lowest BCUT2D eigenvalue weighted by molar-refractivity contribution is -0.0560. The van der Waals surface area contributed by atoms with Crippen LogP contribution in [-0.4, -0.2) is 20.0 Å². The zero-order valence-corrected chi connectivity index (χ0v) is 12.4. The second-order valence-corrected chi connectivity index (χ2v) is 5.11. The van der Waals surface area contributed by atoms with Crippen LogP contribution in [0.3, 0.4) is 0 Å². The molecule has 3 heteroatoms. The summed E-state index contributed by atoms with van der Waals surface area (Å²) in [4.78, 5) is 0. The Morgan fingerprint density at radius 1 is 1.20 bits per heavy atom. The average Bonchev–Trinajstić information content (AvgIpc) is 2.73. The van der Waals surface area contributed by atoms with Crippen LogP contribution in [0.1, 0.15) is 44.1 Å². The number of hydrogen-bond donors (Lipinski definition) is 0. The summed E-state index contributed by atoms with van der Waals surface area (Å²) in [6, 6.07) is 8.21. The van der Waals surface area contributed by atoms with Crippen molar-refractivity contribution in [3.63, 3.8) is 0 Å². The first-order valence-electron chi connectivity index (χ1n) is 7.39. The summed E-state index contributed by atoms with van der Waals surface area (Å²) in [5.74, 6) is 1.13. The van der Waals surface area contributed by atoms with Gasteiger partial charge in [-0.15, -0.1) is 0 Å². The standard InChI is InChI=1S/C17H24O3/c1-3-4-5-6-17-16(11-12-19-13-20-17)14-7-9-15(18-2)10-8-14/h7-12,16-17H,3-6,13H2,1-2H3/t16-,17-/m0/s1. The SMILES string of the molecule is CCCCC[C@@H]1OCOC=C[C@H]1c1ccc(OC)cc1. The van der Waals surface area contributed by atoms with E-state index in [1.54, 1.807) is 13.4 Å². The molecule has 1 aromatic carbocycles. The van der Waals surface area contributed by atoms with Crippen LogP contribution in [-0.2, 0) is 9.47 Å². The van der Waals surface area contributed by atoms with Crippen molar-refractivity contribution in [2.45, 2.75) is 44.6 Å². The lowest BCUT2D eigenvalue weighted by Crippen LogP contribution is -2.20. The van der Waals surface area contributed by atoms with E-state index >= 15 is 0 Å². The highest BCUT2D eigenvalue weighted by molar-refractivity contribution is 5.32. The van der Waals surface area contributed by atoms with Gasteiger partial charge in [0.25, 0.3) is 0 Å². The molecule has 1 aliphatic rings. The van der Waals surface area contributed by atoms with Gasteiger partial charge in [0, 0.05) is 5.92 Å². The molecular weight excluding hydrogens is 252 g/mol. The molecule has 0 bridgehead atoms. The maximum Gasteiger partial charge on any atom is 0.188 e. The van der Waals surface area contributed by atoms with Crippen molar-refractivity contribution in [1.29, 1.82) is 0 Å². The zero-order valence-electron chi connectivity index (χ0n) is 12.4. The highest BCUT2D eigenvalue weighted by Gasteiger charge is 2.23. The number of methoxy groups -OCH3 is 1. The predicted molar refractivity (Wildman–Crippen MR) is 79.8 cm³/mol. The number of ether oxygens (including phenoxy) is 3. The lowest BCUT2D eigenvalue weighted by Gasteiger charge is -2.23. The van der Waals surface area contributed by atoms with E-state index in [1.807, 2.05) is 12.1 Å². The Balaban J connectivity index is 2.09. The van der Waals surface area contributed by atoms with E-state index in [0.717, 1.165) is 12.2 Å². The largest absolute Gasteiger partial charge is 0.497 e. The van der Waals surface area contributed by atoms with E-state index < -0.39 is 0 Å². The third-order valence-corrected chi connectivity index (χ3v) is 3.73. The van der Waals surface area contributed by atoms with E-state index in [9.17, 15) is 0 Å². The third-order valence-electron chi connectivity index (χ3n) is 3.73. The van der Waals surface area contributed by atoms with E-state index in [2.05, 4.69) is 25.1 Å². The van der Waals surface area contributed by atoms with Crippen molar-refractivity contribution < 1.29 is 14.2 Å². The van der Waals surface area contributed by atoms with Crippen molar-refractivity contribution in [3.05, 3.63) is 42.2 Å². The first-order valence-corrected chi connectivity index (χ1v) is 7.39. The van der Waals surface area contributed by atoms with E-state index in [1.165, 1.54) is 24.8 Å². The minimum absolute atomic E-state index is 0.189. The maximum absolute atomic E-state index is 5.86. The second kappa shape index (κ2) is 7.95. The fourth-order valence-electron chi connectivity index (χ4n) is 2.54. The summed E-state index contributed by atoms with van der Waals surface area (Å²) >= 11 is 0. The summed E-state index contributed by atoms with van der Waals surface area (Å²) in [5.41, 5.74) is 1.24. The van der Waals surface area contributed by atoms with Crippen LogP contribution >= 0.6 is 0 Å². The monoisotopic (exact) mass is 276 g/mol. The maximum atomic E-state index is 5.86. The normalized spacial score (nSPS) is 22.1. The molecule has 0 unspecified atom stereocenters. The van der Waals surface area contributed by atoms with Crippen LogP contribution in [0.2, 0.25) is 0 Å². The second-order valence-electron chi connectivity index (χ2n) is 5.11. The van der Waals surface area contributed by atoms with Crippen molar-refractivity contribution in [2.24, 2.45) is 0 Å². The van der Waals surface area contributed by atoms with Gasteiger partial charge in [-0.3, -0.25) is 0 Å². The number of unbranched alkanes of at least 4 members (excludes halogenated alkanes) is 2. The summed E-state index contributed by atoms with van der Waals surface area (Å²) in [6.45, 7) is 2.57. The van der Waals surface area contributed by atoms with Crippen LogP contribution < -0.4 is 4.74 Å². The van der Waals surface area contributed by atoms with Crippen LogP contribution in [0.4, 0.5) is 0 Å². The fraction of sp³-hybridized carbons (Fsp3) is 0.529. The summed E-state index contributed by atoms with van der Waals surface area (Å²) in [5, 5.41) is 0. The molecule has 0 N–H and O–H groups in total. The minimum atomic E-state index is 0.189. The Morgan fingerprint density at radius 2 is 2.00 bits per heavy atom. The smallest absolute Gasteiger partial charge is 0.188 e. The third kappa shape index (κ3) is 4.01. The molecule has 0 saturated heterocycles. The molecule has 0 spiro atoms. The Morgan fingerprint density at radius 3 is 2.70 bits per heavy atom. The Hall–Kier alpha value is -1.48. The minimum Gasteiger partial charge on any atom is -0.497 e. The molecule has 1 aliphatic heterocycles. The molecule has 1 aromatic rings. The molecule has 2 rings (SSSR count). The number of hydrogen-bond acceptors (Lipinski definition) is 3. The zero-order chi connectivity index (χ0) is 14.2. The van der Waals surface area contributed by atoms with Crippen LogP contribution in [0.25, 0.3) is 0 Å². The first kappa shape index (κ1) is 14.9. The van der Waals surface area contributed by atoms with E-state index in [-0.39, 0.29) is 12.0 Å². The summed E-state index contributed by atoms with van der Waals surface area (Å²) in [6.07, 6.45) is 8.79. The topological polar surface area (TPSA) is 27.7 Å². The molecule has 0 aromatic heterocycles. The average molecular weight is 276 g/mol. The van der Waals surface area contributed by atoms with E-state index in [0.29, 0.717) is 6.79 Å². The molecule has 1 heterocycles. The van der Waals surface area contributed by atoms with Gasteiger partial charge in [0.1, 0.15) is 5.75 Å². The van der Waals surface area contributed by atoms with E-state index in [4.69, 9.17) is 14.2 Å². The lowest BCUT2D eigenvalue weighted by atomic mass is 9.90. The molecule has 0 aliphatic carbocycles. The molecule has 2 atom stereocenters. The molecule has 0 fully saturated rings. The number of benzene rings is 1. The van der Waals surface area contributed by atoms with Crippen molar-refractivity contribution in [3.8, 4) is 5.75 Å². The Bertz CT molecular complexity index is 411. The van der Waals surface area contributed by atoms with Crippen molar-refractivity contribution in [1.82, 2.24) is 0 Å². The fourth-order valence-corrected chi connectivity index (χ4v) is 2.54. The van der Waals surface area contributed by atoms with Crippen LogP contribution in [0, 0.1) is 0 Å².